The fraction of sp³-hybridized carbons (Fsp3) is 0.923. The Morgan fingerprint density at radius 2 is 2.06 bits per heavy atom. The molecular formula is C13H24N2O2. The molecule has 0 spiro atoms. The van der Waals surface area contributed by atoms with Gasteiger partial charge in [0.25, 0.3) is 5.91 Å². The third-order valence-corrected chi connectivity index (χ3v) is 4.27. The van der Waals surface area contributed by atoms with Crippen LogP contribution < -0.4 is 5.73 Å². The van der Waals surface area contributed by atoms with Crippen LogP contribution in [0.15, 0.2) is 0 Å². The van der Waals surface area contributed by atoms with E-state index in [1.807, 2.05) is 18.9 Å². The highest BCUT2D eigenvalue weighted by Crippen LogP contribution is 2.29. The van der Waals surface area contributed by atoms with E-state index in [4.69, 9.17) is 10.5 Å². The van der Waals surface area contributed by atoms with Gasteiger partial charge < -0.3 is 15.4 Å². The molecule has 98 valence electrons. The molecule has 3 atom stereocenters. The normalized spacial score (nSPS) is 38.1. The Bertz CT molecular complexity index is 287. The number of nitrogens with zero attached hydrogens (tertiary/aromatic N) is 1. The van der Waals surface area contributed by atoms with Crippen molar-refractivity contribution in [1.29, 1.82) is 0 Å². The fourth-order valence-electron chi connectivity index (χ4n) is 3.09. The summed E-state index contributed by atoms with van der Waals surface area (Å²) in [6, 6.07) is 0.319. The standard InChI is InChI=1S/C13H24N2O2/c1-13(8-5-9-17-13)12(16)15(2)11-7-4-3-6-10(11)14/h10-11H,3-9,14H2,1-2H3. The van der Waals surface area contributed by atoms with Crippen LogP contribution in [0.25, 0.3) is 0 Å². The van der Waals surface area contributed by atoms with Crippen molar-refractivity contribution in [2.75, 3.05) is 13.7 Å². The van der Waals surface area contributed by atoms with Crippen LogP contribution in [-0.4, -0.2) is 42.1 Å². The van der Waals surface area contributed by atoms with Crippen LogP contribution in [0.4, 0.5) is 0 Å². The number of amides is 1. The van der Waals surface area contributed by atoms with Gasteiger partial charge in [-0.1, -0.05) is 12.8 Å². The molecule has 2 fully saturated rings. The Morgan fingerprint density at radius 3 is 2.65 bits per heavy atom. The van der Waals surface area contributed by atoms with Crippen molar-refractivity contribution >= 4 is 5.91 Å². The second kappa shape index (κ2) is 4.94. The average molecular weight is 240 g/mol. The smallest absolute Gasteiger partial charge is 0.254 e. The van der Waals surface area contributed by atoms with Crippen LogP contribution in [0.5, 0.6) is 0 Å². The molecule has 4 heteroatoms. The van der Waals surface area contributed by atoms with E-state index in [2.05, 4.69) is 0 Å². The SMILES string of the molecule is CN(C(=O)C1(C)CCCO1)C1CCCCC1N. The quantitative estimate of drug-likeness (QED) is 0.791. The second-order valence-electron chi connectivity index (χ2n) is 5.61. The van der Waals surface area contributed by atoms with Crippen molar-refractivity contribution in [3.63, 3.8) is 0 Å². The number of hydrogen-bond donors (Lipinski definition) is 1. The third-order valence-electron chi connectivity index (χ3n) is 4.27. The van der Waals surface area contributed by atoms with E-state index in [1.165, 1.54) is 12.8 Å². The molecule has 0 aromatic carbocycles. The Balaban J connectivity index is 2.03. The minimum Gasteiger partial charge on any atom is -0.365 e. The van der Waals surface area contributed by atoms with Gasteiger partial charge in [0.15, 0.2) is 0 Å². The molecule has 1 amide bonds. The lowest BCUT2D eigenvalue weighted by molar-refractivity contribution is -0.152. The molecule has 2 aliphatic rings. The minimum atomic E-state index is -0.605. The van der Waals surface area contributed by atoms with Crippen LogP contribution in [0.2, 0.25) is 0 Å². The lowest BCUT2D eigenvalue weighted by Gasteiger charge is -2.39. The number of rotatable bonds is 2. The van der Waals surface area contributed by atoms with Crippen molar-refractivity contribution in [1.82, 2.24) is 4.90 Å². The summed E-state index contributed by atoms with van der Waals surface area (Å²) < 4.78 is 5.62. The van der Waals surface area contributed by atoms with E-state index in [9.17, 15) is 4.79 Å². The molecule has 2 N–H and O–H groups in total. The topological polar surface area (TPSA) is 55.6 Å². The van der Waals surface area contributed by atoms with Crippen LogP contribution in [-0.2, 0) is 9.53 Å². The molecule has 1 saturated carbocycles. The zero-order valence-corrected chi connectivity index (χ0v) is 10.9. The number of ether oxygens (including phenoxy) is 1. The summed E-state index contributed by atoms with van der Waals surface area (Å²) in [6.07, 6.45) is 6.23. The molecule has 17 heavy (non-hydrogen) atoms. The summed E-state index contributed by atoms with van der Waals surface area (Å²) >= 11 is 0. The van der Waals surface area contributed by atoms with Crippen molar-refractivity contribution in [3.8, 4) is 0 Å². The van der Waals surface area contributed by atoms with Gasteiger partial charge in [0.1, 0.15) is 5.60 Å². The van der Waals surface area contributed by atoms with E-state index in [0.29, 0.717) is 6.61 Å². The van der Waals surface area contributed by atoms with Gasteiger partial charge in [-0.2, -0.15) is 0 Å². The van der Waals surface area contributed by atoms with Gasteiger partial charge in [-0.3, -0.25) is 4.79 Å². The van der Waals surface area contributed by atoms with Gasteiger partial charge in [-0.25, -0.2) is 0 Å². The Labute approximate surface area is 103 Å². The molecule has 3 unspecified atom stereocenters. The molecule has 0 aromatic heterocycles. The molecule has 1 saturated heterocycles. The highest BCUT2D eigenvalue weighted by atomic mass is 16.5. The Kier molecular flexibility index (Phi) is 3.73. The van der Waals surface area contributed by atoms with Crippen LogP contribution >= 0.6 is 0 Å². The number of nitrogens with two attached hydrogens (primary N) is 1. The van der Waals surface area contributed by atoms with Gasteiger partial charge in [0, 0.05) is 25.7 Å². The molecule has 1 aliphatic heterocycles. The minimum absolute atomic E-state index is 0.109. The predicted molar refractivity (Wildman–Crippen MR) is 66.6 cm³/mol. The Morgan fingerprint density at radius 1 is 1.35 bits per heavy atom. The van der Waals surface area contributed by atoms with E-state index in [-0.39, 0.29) is 18.0 Å². The first kappa shape index (κ1) is 12.8. The number of likely N-dealkylation sites (N-methyl/N-ethyl adjacent to an activating group) is 1. The van der Waals surface area contributed by atoms with Crippen molar-refractivity contribution in [2.24, 2.45) is 5.73 Å². The van der Waals surface area contributed by atoms with Gasteiger partial charge in [0.05, 0.1) is 0 Å². The lowest BCUT2D eigenvalue weighted by atomic mass is 9.89. The van der Waals surface area contributed by atoms with E-state index in [1.54, 1.807) is 0 Å². The molecule has 0 aromatic rings. The highest BCUT2D eigenvalue weighted by molar-refractivity contribution is 5.85. The second-order valence-corrected chi connectivity index (χ2v) is 5.61. The average Bonchev–Trinajstić information content (AvgIpc) is 2.76. The maximum absolute atomic E-state index is 12.5. The predicted octanol–water partition coefficient (Wildman–Crippen LogP) is 1.28. The highest BCUT2D eigenvalue weighted by Gasteiger charge is 2.42. The molecular weight excluding hydrogens is 216 g/mol. The number of carbonyl (C=O) groups is 1. The van der Waals surface area contributed by atoms with Crippen LogP contribution in [0.3, 0.4) is 0 Å². The molecule has 1 aliphatic carbocycles. The van der Waals surface area contributed by atoms with E-state index < -0.39 is 5.60 Å². The van der Waals surface area contributed by atoms with Crippen molar-refractivity contribution in [2.45, 2.75) is 63.1 Å². The zero-order chi connectivity index (χ0) is 12.5. The first-order valence-electron chi connectivity index (χ1n) is 6.71. The number of hydrogen-bond acceptors (Lipinski definition) is 3. The summed E-state index contributed by atoms with van der Waals surface area (Å²) in [5, 5.41) is 0. The fourth-order valence-corrected chi connectivity index (χ4v) is 3.09. The van der Waals surface area contributed by atoms with Crippen LogP contribution in [0.1, 0.15) is 45.4 Å². The third kappa shape index (κ3) is 2.47. The van der Waals surface area contributed by atoms with Gasteiger partial charge in [-0.15, -0.1) is 0 Å². The van der Waals surface area contributed by atoms with E-state index in [0.717, 1.165) is 25.7 Å². The summed E-state index contributed by atoms with van der Waals surface area (Å²) in [7, 11) is 1.88. The maximum atomic E-state index is 12.5. The molecule has 0 bridgehead atoms. The van der Waals surface area contributed by atoms with Crippen molar-refractivity contribution < 1.29 is 9.53 Å². The molecule has 1 heterocycles. The number of carbonyl (C=O) groups excluding carboxylic acids is 1. The monoisotopic (exact) mass is 240 g/mol. The van der Waals surface area contributed by atoms with Gasteiger partial charge in [0.2, 0.25) is 0 Å². The maximum Gasteiger partial charge on any atom is 0.254 e. The van der Waals surface area contributed by atoms with Gasteiger partial charge in [-0.05, 0) is 32.6 Å². The first-order chi connectivity index (χ1) is 8.04. The van der Waals surface area contributed by atoms with Crippen molar-refractivity contribution in [3.05, 3.63) is 0 Å². The largest absolute Gasteiger partial charge is 0.365 e. The summed E-state index contributed by atoms with van der Waals surface area (Å²) in [4.78, 5) is 14.3. The lowest BCUT2D eigenvalue weighted by Crippen LogP contribution is -2.55. The molecule has 0 radical (unpaired) electrons. The summed E-state index contributed by atoms with van der Waals surface area (Å²) in [5.74, 6) is 0.109. The van der Waals surface area contributed by atoms with E-state index >= 15 is 0 Å². The first-order valence-corrected chi connectivity index (χ1v) is 6.71. The Hall–Kier alpha value is -0.610. The zero-order valence-electron chi connectivity index (χ0n) is 10.9. The summed E-state index contributed by atoms with van der Waals surface area (Å²) in [6.45, 7) is 2.61. The van der Waals surface area contributed by atoms with Gasteiger partial charge >= 0.3 is 0 Å². The van der Waals surface area contributed by atoms with Crippen LogP contribution in [0, 0.1) is 0 Å². The molecule has 4 nitrogen and oxygen atoms in total. The summed E-state index contributed by atoms with van der Waals surface area (Å²) in [5.41, 5.74) is 5.52. The molecule has 2 rings (SSSR count).